The highest BCUT2D eigenvalue weighted by atomic mass is 16.5. The summed E-state index contributed by atoms with van der Waals surface area (Å²) in [5.41, 5.74) is 2.92. The quantitative estimate of drug-likeness (QED) is 0.618. The molecule has 33 heavy (non-hydrogen) atoms. The summed E-state index contributed by atoms with van der Waals surface area (Å²) in [7, 11) is 0. The SMILES string of the molecule is N#Cc1cccc(NC(=O)Nc2ccc(N3CCCCC3)c(C(=O)NCC3CCCO3)c2)c1. The Balaban J connectivity index is 1.49. The minimum absolute atomic E-state index is 0.0589. The molecule has 2 aliphatic heterocycles. The molecule has 3 N–H and O–H groups in total. The zero-order valence-electron chi connectivity index (χ0n) is 18.6. The third kappa shape index (κ3) is 6.02. The summed E-state index contributed by atoms with van der Waals surface area (Å²) in [4.78, 5) is 27.9. The van der Waals surface area contributed by atoms with Gasteiger partial charge in [-0.05, 0) is 68.5 Å². The maximum atomic E-state index is 13.1. The summed E-state index contributed by atoms with van der Waals surface area (Å²) in [6.45, 7) is 3.04. The second-order valence-electron chi connectivity index (χ2n) is 8.40. The molecular formula is C25H29N5O3. The van der Waals surface area contributed by atoms with Crippen LogP contribution < -0.4 is 20.9 Å². The molecule has 2 saturated heterocycles. The number of nitrogens with one attached hydrogen (secondary N) is 3. The predicted octanol–water partition coefficient (Wildman–Crippen LogP) is 4.10. The third-order valence-electron chi connectivity index (χ3n) is 5.96. The van der Waals surface area contributed by atoms with Crippen molar-refractivity contribution >= 4 is 29.0 Å². The zero-order chi connectivity index (χ0) is 23.0. The van der Waals surface area contributed by atoms with Crippen molar-refractivity contribution in [2.75, 3.05) is 41.8 Å². The summed E-state index contributed by atoms with van der Waals surface area (Å²) < 4.78 is 5.62. The number of hydrogen-bond acceptors (Lipinski definition) is 5. The molecule has 3 amide bonds. The van der Waals surface area contributed by atoms with Crippen molar-refractivity contribution in [2.24, 2.45) is 0 Å². The van der Waals surface area contributed by atoms with Gasteiger partial charge in [-0.25, -0.2) is 4.79 Å². The van der Waals surface area contributed by atoms with Crippen LogP contribution in [0.2, 0.25) is 0 Å². The number of urea groups is 1. The van der Waals surface area contributed by atoms with Gasteiger partial charge in [0, 0.05) is 43.3 Å². The van der Waals surface area contributed by atoms with Gasteiger partial charge >= 0.3 is 6.03 Å². The van der Waals surface area contributed by atoms with Crippen LogP contribution in [0.3, 0.4) is 0 Å². The first-order valence-electron chi connectivity index (χ1n) is 11.5. The maximum absolute atomic E-state index is 13.1. The number of amides is 3. The summed E-state index contributed by atoms with van der Waals surface area (Å²) in [6, 6.07) is 13.7. The smallest absolute Gasteiger partial charge is 0.323 e. The third-order valence-corrected chi connectivity index (χ3v) is 5.96. The Hall–Kier alpha value is -3.57. The number of piperidine rings is 1. The summed E-state index contributed by atoms with van der Waals surface area (Å²) in [6.07, 6.45) is 5.43. The van der Waals surface area contributed by atoms with Crippen molar-refractivity contribution in [2.45, 2.75) is 38.2 Å². The first-order valence-corrected chi connectivity index (χ1v) is 11.5. The number of nitrogens with zero attached hydrogens (tertiary/aromatic N) is 2. The van der Waals surface area contributed by atoms with Crippen molar-refractivity contribution in [3.8, 4) is 6.07 Å². The number of ether oxygens (including phenoxy) is 1. The van der Waals surface area contributed by atoms with Crippen molar-refractivity contribution in [1.82, 2.24) is 5.32 Å². The second kappa shape index (κ2) is 10.8. The van der Waals surface area contributed by atoms with E-state index in [0.29, 0.717) is 29.0 Å². The number of rotatable bonds is 6. The lowest BCUT2D eigenvalue weighted by Gasteiger charge is -2.30. The van der Waals surface area contributed by atoms with Crippen LogP contribution in [-0.4, -0.2) is 44.3 Å². The average Bonchev–Trinajstić information content (AvgIpc) is 3.37. The molecule has 0 aromatic heterocycles. The molecule has 172 valence electrons. The summed E-state index contributed by atoms with van der Waals surface area (Å²) in [5.74, 6) is -0.170. The summed E-state index contributed by atoms with van der Waals surface area (Å²) in [5, 5.41) is 17.6. The number of nitriles is 1. The molecule has 2 heterocycles. The lowest BCUT2D eigenvalue weighted by molar-refractivity contribution is 0.0858. The van der Waals surface area contributed by atoms with Gasteiger partial charge in [-0.1, -0.05) is 6.07 Å². The Morgan fingerprint density at radius 3 is 2.55 bits per heavy atom. The van der Waals surface area contributed by atoms with E-state index in [-0.39, 0.29) is 12.0 Å². The van der Waals surface area contributed by atoms with Crippen LogP contribution in [0, 0.1) is 11.3 Å². The van der Waals surface area contributed by atoms with Gasteiger partial charge in [0.25, 0.3) is 5.91 Å². The first kappa shape index (κ1) is 22.6. The molecule has 0 spiro atoms. The summed E-state index contributed by atoms with van der Waals surface area (Å²) >= 11 is 0. The number of carbonyl (C=O) groups excluding carboxylic acids is 2. The van der Waals surface area contributed by atoms with Crippen LogP contribution in [0.1, 0.15) is 48.0 Å². The van der Waals surface area contributed by atoms with E-state index < -0.39 is 6.03 Å². The maximum Gasteiger partial charge on any atom is 0.323 e. The molecule has 1 atom stereocenters. The fourth-order valence-corrected chi connectivity index (χ4v) is 4.27. The molecule has 2 aliphatic rings. The molecule has 0 bridgehead atoms. The van der Waals surface area contributed by atoms with E-state index in [0.717, 1.165) is 51.1 Å². The van der Waals surface area contributed by atoms with E-state index in [1.165, 1.54) is 6.42 Å². The highest BCUT2D eigenvalue weighted by molar-refractivity contribution is 6.04. The van der Waals surface area contributed by atoms with Crippen molar-refractivity contribution in [3.05, 3.63) is 53.6 Å². The van der Waals surface area contributed by atoms with Crippen molar-refractivity contribution < 1.29 is 14.3 Å². The van der Waals surface area contributed by atoms with Crippen LogP contribution in [-0.2, 0) is 4.74 Å². The first-order chi connectivity index (χ1) is 16.1. The van der Waals surface area contributed by atoms with Crippen LogP contribution in [0.15, 0.2) is 42.5 Å². The van der Waals surface area contributed by atoms with Crippen molar-refractivity contribution in [3.63, 3.8) is 0 Å². The van der Waals surface area contributed by atoms with Gasteiger partial charge in [-0.2, -0.15) is 5.26 Å². The topological polar surface area (TPSA) is 106 Å². The molecule has 8 nitrogen and oxygen atoms in total. The van der Waals surface area contributed by atoms with Crippen LogP contribution in [0.5, 0.6) is 0 Å². The molecule has 2 fully saturated rings. The minimum Gasteiger partial charge on any atom is -0.376 e. The number of anilines is 3. The van der Waals surface area contributed by atoms with E-state index in [2.05, 4.69) is 20.9 Å². The molecular weight excluding hydrogens is 418 g/mol. The lowest BCUT2D eigenvalue weighted by Crippen LogP contribution is -2.35. The molecule has 8 heteroatoms. The lowest BCUT2D eigenvalue weighted by atomic mass is 10.1. The van der Waals surface area contributed by atoms with E-state index in [1.807, 2.05) is 18.2 Å². The monoisotopic (exact) mass is 447 g/mol. The number of benzene rings is 2. The Bertz CT molecular complexity index is 1040. The van der Waals surface area contributed by atoms with E-state index in [9.17, 15) is 9.59 Å². The Labute approximate surface area is 193 Å². The van der Waals surface area contributed by atoms with Crippen LogP contribution in [0.25, 0.3) is 0 Å². The molecule has 0 aliphatic carbocycles. The predicted molar refractivity (Wildman–Crippen MR) is 128 cm³/mol. The average molecular weight is 448 g/mol. The van der Waals surface area contributed by atoms with Gasteiger partial charge in [-0.3, -0.25) is 4.79 Å². The highest BCUT2D eigenvalue weighted by Crippen LogP contribution is 2.27. The normalized spacial score (nSPS) is 17.8. The van der Waals surface area contributed by atoms with Gasteiger partial charge in [0.05, 0.1) is 23.3 Å². The number of hydrogen-bond donors (Lipinski definition) is 3. The van der Waals surface area contributed by atoms with Gasteiger partial charge in [-0.15, -0.1) is 0 Å². The minimum atomic E-state index is -0.443. The number of carbonyl (C=O) groups is 2. The van der Waals surface area contributed by atoms with Gasteiger partial charge < -0.3 is 25.6 Å². The molecule has 0 saturated carbocycles. The molecule has 4 rings (SSSR count). The Morgan fingerprint density at radius 2 is 1.82 bits per heavy atom. The fraction of sp³-hybridized carbons (Fsp3) is 0.400. The molecule has 2 aromatic rings. The zero-order valence-corrected chi connectivity index (χ0v) is 18.6. The Morgan fingerprint density at radius 1 is 1.03 bits per heavy atom. The van der Waals surface area contributed by atoms with Crippen molar-refractivity contribution in [1.29, 1.82) is 5.26 Å². The van der Waals surface area contributed by atoms with Crippen LogP contribution >= 0.6 is 0 Å². The largest absolute Gasteiger partial charge is 0.376 e. The Kier molecular flexibility index (Phi) is 7.43. The van der Waals surface area contributed by atoms with E-state index in [1.54, 1.807) is 30.3 Å². The van der Waals surface area contributed by atoms with E-state index in [4.69, 9.17) is 10.00 Å². The van der Waals surface area contributed by atoms with Crippen LogP contribution in [0.4, 0.5) is 21.9 Å². The molecule has 2 aromatic carbocycles. The van der Waals surface area contributed by atoms with E-state index >= 15 is 0 Å². The highest BCUT2D eigenvalue weighted by Gasteiger charge is 2.22. The van der Waals surface area contributed by atoms with Gasteiger partial charge in [0.1, 0.15) is 0 Å². The second-order valence-corrected chi connectivity index (χ2v) is 8.40. The molecule has 1 unspecified atom stereocenters. The van der Waals surface area contributed by atoms with Gasteiger partial charge in [0.15, 0.2) is 0 Å². The van der Waals surface area contributed by atoms with Gasteiger partial charge in [0.2, 0.25) is 0 Å². The fourth-order valence-electron chi connectivity index (χ4n) is 4.27. The standard InChI is InChI=1S/C25H29N5O3/c26-16-18-6-4-7-19(14-18)28-25(32)29-20-9-10-23(30-11-2-1-3-12-30)22(15-20)24(31)27-17-21-8-5-13-33-21/h4,6-7,9-10,14-15,21H,1-3,5,8,11-13,17H2,(H,27,31)(H2,28,29,32). The molecule has 0 radical (unpaired) electrons.